The minimum absolute atomic E-state index is 0.00526. The summed E-state index contributed by atoms with van der Waals surface area (Å²) in [6.07, 6.45) is 5.35. The van der Waals surface area contributed by atoms with E-state index in [1.807, 2.05) is 42.8 Å². The van der Waals surface area contributed by atoms with Gasteiger partial charge in [-0.1, -0.05) is 36.2 Å². The first-order valence-corrected chi connectivity index (χ1v) is 10.4. The van der Waals surface area contributed by atoms with Crippen molar-refractivity contribution in [3.63, 3.8) is 0 Å². The van der Waals surface area contributed by atoms with Crippen LogP contribution in [-0.2, 0) is 6.54 Å². The lowest BCUT2D eigenvalue weighted by molar-refractivity contribution is 0.0914. The van der Waals surface area contributed by atoms with E-state index < -0.39 is 0 Å². The maximum Gasteiger partial charge on any atom is 0.255 e. The van der Waals surface area contributed by atoms with Crippen molar-refractivity contribution in [3.05, 3.63) is 51.8 Å². The molecule has 2 aliphatic rings. The first kappa shape index (κ1) is 18.5. The Kier molecular flexibility index (Phi) is 5.02. The number of hydrogen-bond donors (Lipinski definition) is 1. The number of amides is 1. The Labute approximate surface area is 166 Å². The predicted octanol–water partition coefficient (Wildman–Crippen LogP) is 4.76. The van der Waals surface area contributed by atoms with Crippen LogP contribution in [0.3, 0.4) is 0 Å². The zero-order chi connectivity index (χ0) is 19.1. The molecule has 27 heavy (non-hydrogen) atoms. The van der Waals surface area contributed by atoms with Crippen molar-refractivity contribution in [2.45, 2.75) is 59.0 Å². The summed E-state index contributed by atoms with van der Waals surface area (Å²) >= 11 is 6.29. The fourth-order valence-electron chi connectivity index (χ4n) is 5.26. The average Bonchev–Trinajstić information content (AvgIpc) is 3.32. The molecule has 4 nitrogen and oxygen atoms in total. The minimum atomic E-state index is 0.00526. The number of rotatable bonds is 5. The highest BCUT2D eigenvalue weighted by molar-refractivity contribution is 6.31. The van der Waals surface area contributed by atoms with E-state index in [0.29, 0.717) is 18.0 Å². The molecular weight excluding hydrogens is 358 g/mol. The van der Waals surface area contributed by atoms with Gasteiger partial charge in [0.05, 0.1) is 17.8 Å². The average molecular weight is 386 g/mol. The number of aromatic nitrogens is 2. The van der Waals surface area contributed by atoms with E-state index in [9.17, 15) is 4.79 Å². The first-order chi connectivity index (χ1) is 12.9. The van der Waals surface area contributed by atoms with E-state index in [2.05, 4.69) is 17.3 Å². The van der Waals surface area contributed by atoms with Crippen LogP contribution in [0.5, 0.6) is 0 Å². The highest BCUT2D eigenvalue weighted by Crippen LogP contribution is 2.49. The number of hydrogen-bond acceptors (Lipinski definition) is 2. The van der Waals surface area contributed by atoms with E-state index in [4.69, 9.17) is 11.6 Å². The molecule has 1 N–H and O–H groups in total. The van der Waals surface area contributed by atoms with E-state index in [1.54, 1.807) is 0 Å². The maximum atomic E-state index is 13.0. The Morgan fingerprint density at radius 2 is 2.07 bits per heavy atom. The Bertz CT molecular complexity index is 859. The van der Waals surface area contributed by atoms with Crippen LogP contribution in [0.15, 0.2) is 24.3 Å². The highest BCUT2D eigenvalue weighted by Gasteiger charge is 2.42. The van der Waals surface area contributed by atoms with Crippen LogP contribution in [0, 0.1) is 31.6 Å². The standard InChI is InChI=1S/C22H28ClN3O/c1-13(19-11-16-8-9-17(19)10-16)24-22(27)21-14(2)25-26(15(21)3)12-18-6-4-5-7-20(18)23/h4-7,13,16-17,19H,8-12H2,1-3H3,(H,24,27)/t13-,16-,17+,19-/m1/s1. The van der Waals surface area contributed by atoms with Crippen LogP contribution < -0.4 is 5.32 Å². The van der Waals surface area contributed by atoms with Crippen molar-refractivity contribution in [3.8, 4) is 0 Å². The molecule has 2 fully saturated rings. The second kappa shape index (κ2) is 7.31. The van der Waals surface area contributed by atoms with Crippen LogP contribution >= 0.6 is 11.6 Å². The van der Waals surface area contributed by atoms with Crippen molar-refractivity contribution in [2.75, 3.05) is 0 Å². The lowest BCUT2D eigenvalue weighted by Crippen LogP contribution is -2.40. The second-order valence-electron chi connectivity index (χ2n) is 8.40. The summed E-state index contributed by atoms with van der Waals surface area (Å²) < 4.78 is 1.88. The normalized spacial score (nSPS) is 25.0. The van der Waals surface area contributed by atoms with Crippen LogP contribution in [-0.4, -0.2) is 21.7 Å². The smallest absolute Gasteiger partial charge is 0.255 e. The fraction of sp³-hybridized carbons (Fsp3) is 0.545. The third-order valence-corrected chi connectivity index (χ3v) is 7.05. The van der Waals surface area contributed by atoms with Crippen molar-refractivity contribution in [2.24, 2.45) is 17.8 Å². The molecule has 2 bridgehead atoms. The summed E-state index contributed by atoms with van der Waals surface area (Å²) in [7, 11) is 0. The van der Waals surface area contributed by atoms with Gasteiger partial charge in [0.25, 0.3) is 5.91 Å². The number of nitrogens with one attached hydrogen (secondary N) is 1. The van der Waals surface area contributed by atoms with Crippen LogP contribution in [0.4, 0.5) is 0 Å². The molecule has 5 heteroatoms. The molecule has 4 atom stereocenters. The van der Waals surface area contributed by atoms with Gasteiger partial charge in [0.1, 0.15) is 0 Å². The van der Waals surface area contributed by atoms with Crippen molar-refractivity contribution >= 4 is 17.5 Å². The molecule has 2 aromatic rings. The lowest BCUT2D eigenvalue weighted by atomic mass is 9.84. The molecule has 0 aliphatic heterocycles. The third-order valence-electron chi connectivity index (χ3n) is 6.68. The maximum absolute atomic E-state index is 13.0. The van der Waals surface area contributed by atoms with Gasteiger partial charge in [-0.15, -0.1) is 0 Å². The number of benzene rings is 1. The van der Waals surface area contributed by atoms with Crippen LogP contribution in [0.2, 0.25) is 5.02 Å². The molecule has 4 rings (SSSR count). The molecule has 1 amide bonds. The Morgan fingerprint density at radius 3 is 2.74 bits per heavy atom. The molecular formula is C22H28ClN3O. The topological polar surface area (TPSA) is 46.9 Å². The molecule has 2 saturated carbocycles. The largest absolute Gasteiger partial charge is 0.349 e. The van der Waals surface area contributed by atoms with Crippen molar-refractivity contribution in [1.29, 1.82) is 0 Å². The molecule has 2 aliphatic carbocycles. The van der Waals surface area contributed by atoms with Crippen molar-refractivity contribution in [1.82, 2.24) is 15.1 Å². The molecule has 0 spiro atoms. The Balaban J connectivity index is 1.49. The van der Waals surface area contributed by atoms with E-state index >= 15 is 0 Å². The third kappa shape index (κ3) is 3.52. The highest BCUT2D eigenvalue weighted by atomic mass is 35.5. The molecule has 1 aromatic carbocycles. The zero-order valence-corrected chi connectivity index (χ0v) is 17.1. The number of nitrogens with zero attached hydrogens (tertiary/aromatic N) is 2. The zero-order valence-electron chi connectivity index (χ0n) is 16.3. The molecule has 1 aromatic heterocycles. The van der Waals surface area contributed by atoms with Gasteiger partial charge in [-0.25, -0.2) is 0 Å². The van der Waals surface area contributed by atoms with E-state index in [0.717, 1.165) is 33.8 Å². The van der Waals surface area contributed by atoms with E-state index in [1.165, 1.54) is 25.7 Å². The minimum Gasteiger partial charge on any atom is -0.349 e. The number of carbonyl (C=O) groups is 1. The summed E-state index contributed by atoms with van der Waals surface area (Å²) in [4.78, 5) is 13.0. The van der Waals surface area contributed by atoms with Gasteiger partial charge in [0, 0.05) is 16.8 Å². The number of carbonyl (C=O) groups excluding carboxylic acids is 1. The van der Waals surface area contributed by atoms with Gasteiger partial charge in [-0.05, 0) is 69.4 Å². The summed E-state index contributed by atoms with van der Waals surface area (Å²) in [5.74, 6) is 2.33. The molecule has 0 saturated heterocycles. The van der Waals surface area contributed by atoms with Gasteiger partial charge >= 0.3 is 0 Å². The number of aryl methyl sites for hydroxylation is 1. The van der Waals surface area contributed by atoms with Crippen molar-refractivity contribution < 1.29 is 4.79 Å². The summed E-state index contributed by atoms with van der Waals surface area (Å²) in [5, 5.41) is 8.61. The van der Waals surface area contributed by atoms with E-state index in [-0.39, 0.29) is 11.9 Å². The van der Waals surface area contributed by atoms with Gasteiger partial charge in [-0.3, -0.25) is 9.48 Å². The van der Waals surface area contributed by atoms with Gasteiger partial charge in [0.15, 0.2) is 0 Å². The van der Waals surface area contributed by atoms with Crippen LogP contribution in [0.1, 0.15) is 59.9 Å². The van der Waals surface area contributed by atoms with Gasteiger partial charge < -0.3 is 5.32 Å². The molecule has 0 unspecified atom stereocenters. The fourth-order valence-corrected chi connectivity index (χ4v) is 5.46. The predicted molar refractivity (Wildman–Crippen MR) is 108 cm³/mol. The van der Waals surface area contributed by atoms with Gasteiger partial charge in [0.2, 0.25) is 0 Å². The quantitative estimate of drug-likeness (QED) is 0.806. The second-order valence-corrected chi connectivity index (χ2v) is 8.80. The summed E-state index contributed by atoms with van der Waals surface area (Å²) in [6.45, 7) is 6.62. The first-order valence-electron chi connectivity index (χ1n) is 10.0. The SMILES string of the molecule is Cc1nn(Cc2ccccc2Cl)c(C)c1C(=O)N[C@H](C)[C@H]1C[C@@H]2CC[C@H]1C2. The lowest BCUT2D eigenvalue weighted by Gasteiger charge is -2.28. The van der Waals surface area contributed by atoms with Gasteiger partial charge in [-0.2, -0.15) is 5.10 Å². The Hall–Kier alpha value is -1.81. The number of halogens is 1. The summed E-state index contributed by atoms with van der Waals surface area (Å²) in [6, 6.07) is 7.99. The molecule has 0 radical (unpaired) electrons. The molecule has 1 heterocycles. The molecule has 144 valence electrons. The van der Waals surface area contributed by atoms with Crippen LogP contribution in [0.25, 0.3) is 0 Å². The monoisotopic (exact) mass is 385 g/mol. The summed E-state index contributed by atoms with van der Waals surface area (Å²) in [5.41, 5.74) is 3.38. The number of fused-ring (bicyclic) bond motifs is 2. The Morgan fingerprint density at radius 1 is 1.30 bits per heavy atom.